The lowest BCUT2D eigenvalue weighted by Crippen LogP contribution is -2.47. The van der Waals surface area contributed by atoms with E-state index in [1.165, 1.54) is 26.3 Å². The van der Waals surface area contributed by atoms with Gasteiger partial charge in [0.1, 0.15) is 10.6 Å². The Bertz CT molecular complexity index is 773. The largest absolute Gasteiger partial charge is 0.496 e. The van der Waals surface area contributed by atoms with Gasteiger partial charge in [0.15, 0.2) is 0 Å². The molecule has 1 heterocycles. The summed E-state index contributed by atoms with van der Waals surface area (Å²) in [5.41, 5.74) is 5.94. The Morgan fingerprint density at radius 2 is 2.27 bits per heavy atom. The molecular weight excluding hydrogens is 356 g/mol. The minimum Gasteiger partial charge on any atom is -0.496 e. The molecule has 9 heteroatoms. The second-order valence-corrected chi connectivity index (χ2v) is 7.96. The van der Waals surface area contributed by atoms with Crippen LogP contribution in [0.25, 0.3) is 0 Å². The predicted molar refractivity (Wildman–Crippen MR) is 101 cm³/mol. The van der Waals surface area contributed by atoms with Crippen LogP contribution in [0.2, 0.25) is 0 Å². The number of benzene rings is 1. The quantitative estimate of drug-likeness (QED) is 0.386. The maximum atomic E-state index is 12.8. The molecule has 2 rings (SSSR count). The van der Waals surface area contributed by atoms with Crippen LogP contribution in [0, 0.1) is 0 Å². The molecule has 26 heavy (non-hydrogen) atoms. The zero-order valence-electron chi connectivity index (χ0n) is 15.0. The van der Waals surface area contributed by atoms with Gasteiger partial charge >= 0.3 is 0 Å². The summed E-state index contributed by atoms with van der Waals surface area (Å²) in [5.74, 6) is -0.207. The van der Waals surface area contributed by atoms with Crippen molar-refractivity contribution in [2.75, 3.05) is 26.4 Å². The minimum atomic E-state index is -3.80. The Morgan fingerprint density at radius 3 is 2.81 bits per heavy atom. The molecule has 8 nitrogen and oxygen atoms in total. The van der Waals surface area contributed by atoms with Crippen LogP contribution in [0.15, 0.2) is 29.7 Å². The standard InChI is InChI=1S/C17H26N4O4S/c1-4-6-14(13-7-5-8-20-13)21-17(22)11-9-16(26(23,24)19-2)12(18)10-15(11)25-3/h4,9-10,13-14,19-20H,1,5-8,18H2,2-3H3,(H,21,22). The van der Waals surface area contributed by atoms with Crippen LogP contribution in [0.4, 0.5) is 5.69 Å². The molecule has 1 fully saturated rings. The molecule has 1 aromatic rings. The Kier molecular flexibility index (Phi) is 6.63. The van der Waals surface area contributed by atoms with Gasteiger partial charge in [-0.25, -0.2) is 13.1 Å². The summed E-state index contributed by atoms with van der Waals surface area (Å²) >= 11 is 0. The number of hydrogen-bond acceptors (Lipinski definition) is 6. The van der Waals surface area contributed by atoms with Gasteiger partial charge in [-0.1, -0.05) is 6.08 Å². The van der Waals surface area contributed by atoms with Gasteiger partial charge in [0, 0.05) is 18.2 Å². The van der Waals surface area contributed by atoms with Crippen molar-refractivity contribution >= 4 is 21.6 Å². The Morgan fingerprint density at radius 1 is 1.54 bits per heavy atom. The van der Waals surface area contributed by atoms with E-state index in [2.05, 4.69) is 21.9 Å². The Balaban J connectivity index is 2.36. The lowest BCUT2D eigenvalue weighted by atomic mass is 10.0. The topological polar surface area (TPSA) is 123 Å². The minimum absolute atomic E-state index is 0.00727. The first-order valence-electron chi connectivity index (χ1n) is 8.40. The molecule has 0 spiro atoms. The Labute approximate surface area is 154 Å². The second kappa shape index (κ2) is 8.52. The summed E-state index contributed by atoms with van der Waals surface area (Å²) in [6.07, 6.45) is 4.35. The van der Waals surface area contributed by atoms with Crippen molar-refractivity contribution in [2.45, 2.75) is 36.2 Å². The summed E-state index contributed by atoms with van der Waals surface area (Å²) in [4.78, 5) is 12.7. The number of carbonyl (C=O) groups is 1. The first-order chi connectivity index (χ1) is 12.3. The summed E-state index contributed by atoms with van der Waals surface area (Å²) in [5, 5.41) is 6.32. The van der Waals surface area contributed by atoms with Gasteiger partial charge < -0.3 is 21.1 Å². The monoisotopic (exact) mass is 382 g/mol. The Hall–Kier alpha value is -2.10. The number of sulfonamides is 1. The molecule has 144 valence electrons. The van der Waals surface area contributed by atoms with Crippen LogP contribution in [0.1, 0.15) is 29.6 Å². The van der Waals surface area contributed by atoms with Crippen LogP contribution in [-0.2, 0) is 10.0 Å². The molecule has 1 aliphatic heterocycles. The van der Waals surface area contributed by atoms with Crippen LogP contribution in [-0.4, -0.2) is 47.1 Å². The van der Waals surface area contributed by atoms with E-state index in [1.807, 2.05) is 0 Å². The average Bonchev–Trinajstić information content (AvgIpc) is 3.15. The van der Waals surface area contributed by atoms with Crippen molar-refractivity contribution in [1.29, 1.82) is 0 Å². The van der Waals surface area contributed by atoms with Gasteiger partial charge in [-0.15, -0.1) is 6.58 Å². The van der Waals surface area contributed by atoms with E-state index >= 15 is 0 Å². The molecule has 0 radical (unpaired) electrons. The van der Waals surface area contributed by atoms with E-state index in [1.54, 1.807) is 6.08 Å². The number of carbonyl (C=O) groups excluding carboxylic acids is 1. The van der Waals surface area contributed by atoms with Crippen LogP contribution in [0.5, 0.6) is 5.75 Å². The molecule has 0 aromatic heterocycles. The maximum Gasteiger partial charge on any atom is 0.255 e. The van der Waals surface area contributed by atoms with Gasteiger partial charge in [0.05, 0.1) is 18.4 Å². The average molecular weight is 382 g/mol. The van der Waals surface area contributed by atoms with Gasteiger partial charge in [-0.3, -0.25) is 4.79 Å². The first-order valence-corrected chi connectivity index (χ1v) is 9.88. The van der Waals surface area contributed by atoms with Crippen LogP contribution in [0.3, 0.4) is 0 Å². The molecular formula is C17H26N4O4S. The number of amides is 1. The fraction of sp³-hybridized carbons (Fsp3) is 0.471. The number of nitrogen functional groups attached to an aromatic ring is 1. The number of nitrogens with two attached hydrogens (primary N) is 1. The molecule has 0 saturated carbocycles. The third-order valence-corrected chi connectivity index (χ3v) is 5.93. The van der Waals surface area contributed by atoms with Crippen molar-refractivity contribution in [3.8, 4) is 5.75 Å². The van der Waals surface area contributed by atoms with Crippen molar-refractivity contribution in [3.63, 3.8) is 0 Å². The summed E-state index contributed by atoms with van der Waals surface area (Å²) in [7, 11) is -1.12. The first kappa shape index (κ1) is 20.2. The fourth-order valence-electron chi connectivity index (χ4n) is 3.07. The van der Waals surface area contributed by atoms with Gasteiger partial charge in [0.2, 0.25) is 10.0 Å². The smallest absolute Gasteiger partial charge is 0.255 e. The number of anilines is 1. The molecule has 1 saturated heterocycles. The summed E-state index contributed by atoms with van der Waals surface area (Å²) in [6, 6.07) is 2.59. The molecule has 2 atom stereocenters. The van der Waals surface area contributed by atoms with E-state index in [-0.39, 0.29) is 34.0 Å². The number of hydrogen-bond donors (Lipinski definition) is 4. The highest BCUT2D eigenvalue weighted by Gasteiger charge is 2.28. The molecule has 1 aliphatic rings. The third-order valence-electron chi connectivity index (χ3n) is 4.46. The van der Waals surface area contributed by atoms with Gasteiger partial charge in [0.25, 0.3) is 5.91 Å². The second-order valence-electron chi connectivity index (χ2n) is 6.11. The zero-order valence-corrected chi connectivity index (χ0v) is 15.9. The van der Waals surface area contributed by atoms with Crippen molar-refractivity contribution in [3.05, 3.63) is 30.4 Å². The van der Waals surface area contributed by atoms with Gasteiger partial charge in [-0.05, 0) is 38.9 Å². The maximum absolute atomic E-state index is 12.8. The molecule has 1 amide bonds. The number of methoxy groups -OCH3 is 1. The molecule has 1 aromatic carbocycles. The SMILES string of the molecule is C=CCC(NC(=O)c1cc(S(=O)(=O)NC)c(N)cc1OC)C1CCCN1. The van der Waals surface area contributed by atoms with E-state index in [0.717, 1.165) is 19.4 Å². The highest BCUT2D eigenvalue weighted by Crippen LogP contribution is 2.29. The highest BCUT2D eigenvalue weighted by atomic mass is 32.2. The fourth-order valence-corrected chi connectivity index (χ4v) is 3.93. The summed E-state index contributed by atoms with van der Waals surface area (Å²) < 4.78 is 31.7. The van der Waals surface area contributed by atoms with Crippen molar-refractivity contribution in [2.24, 2.45) is 0 Å². The lowest BCUT2D eigenvalue weighted by molar-refractivity contribution is 0.0926. The third kappa shape index (κ3) is 4.35. The van der Waals surface area contributed by atoms with E-state index in [9.17, 15) is 13.2 Å². The predicted octanol–water partition coefficient (Wildman–Crippen LogP) is 0.612. The van der Waals surface area contributed by atoms with E-state index in [0.29, 0.717) is 6.42 Å². The highest BCUT2D eigenvalue weighted by molar-refractivity contribution is 7.89. The summed E-state index contributed by atoms with van der Waals surface area (Å²) in [6.45, 7) is 4.65. The molecule has 0 aliphatic carbocycles. The van der Waals surface area contributed by atoms with E-state index < -0.39 is 15.9 Å². The normalized spacial score (nSPS) is 18.3. The molecule has 5 N–H and O–H groups in total. The van der Waals surface area contributed by atoms with Crippen molar-refractivity contribution in [1.82, 2.24) is 15.4 Å². The number of rotatable bonds is 8. The lowest BCUT2D eigenvalue weighted by Gasteiger charge is -2.24. The van der Waals surface area contributed by atoms with E-state index in [4.69, 9.17) is 10.5 Å². The van der Waals surface area contributed by atoms with Crippen molar-refractivity contribution < 1.29 is 17.9 Å². The van der Waals surface area contributed by atoms with Crippen LogP contribution < -0.4 is 25.8 Å². The molecule has 2 unspecified atom stereocenters. The van der Waals surface area contributed by atoms with Gasteiger partial charge in [-0.2, -0.15) is 0 Å². The zero-order chi connectivity index (χ0) is 19.3. The molecule has 0 bridgehead atoms. The number of ether oxygens (including phenoxy) is 1. The van der Waals surface area contributed by atoms with Crippen LogP contribution >= 0.6 is 0 Å². The number of nitrogens with one attached hydrogen (secondary N) is 3.